The van der Waals surface area contributed by atoms with Crippen LogP contribution >= 0.6 is 18.9 Å². The van der Waals surface area contributed by atoms with Crippen LogP contribution in [0.1, 0.15) is 23.8 Å². The molecule has 0 aliphatic rings. The highest BCUT2D eigenvalue weighted by molar-refractivity contribution is 7.60. The summed E-state index contributed by atoms with van der Waals surface area (Å²) in [6.07, 6.45) is 1.81. The Bertz CT molecular complexity index is 678. The lowest BCUT2D eigenvalue weighted by molar-refractivity contribution is 0.387. The number of nitrogens with two attached hydrogens (primary N) is 1. The third-order valence-corrected chi connectivity index (χ3v) is 5.04. The highest BCUT2D eigenvalue weighted by atomic mass is 32.1. The SMILES string of the molecule is CCCc1sc(N)nc1-c1ccc(C)c(P(=O)(O)O)c1. The molecule has 0 aliphatic carbocycles. The summed E-state index contributed by atoms with van der Waals surface area (Å²) < 4.78 is 11.5. The van der Waals surface area contributed by atoms with Gasteiger partial charge < -0.3 is 15.5 Å². The molecule has 0 aliphatic heterocycles. The number of nitrogens with zero attached hydrogens (tertiary/aromatic N) is 1. The van der Waals surface area contributed by atoms with E-state index < -0.39 is 7.60 Å². The largest absolute Gasteiger partial charge is 0.375 e. The molecule has 0 unspecified atom stereocenters. The van der Waals surface area contributed by atoms with Crippen molar-refractivity contribution in [3.05, 3.63) is 28.6 Å². The number of aromatic nitrogens is 1. The Labute approximate surface area is 121 Å². The molecular formula is C13H17N2O3PS. The molecule has 0 bridgehead atoms. The summed E-state index contributed by atoms with van der Waals surface area (Å²) >= 11 is 1.42. The van der Waals surface area contributed by atoms with Crippen LogP contribution in [0.25, 0.3) is 11.3 Å². The van der Waals surface area contributed by atoms with Gasteiger partial charge in [0.25, 0.3) is 0 Å². The predicted molar refractivity (Wildman–Crippen MR) is 82.4 cm³/mol. The maximum absolute atomic E-state index is 11.5. The van der Waals surface area contributed by atoms with Crippen LogP contribution in [0.4, 0.5) is 5.13 Å². The van der Waals surface area contributed by atoms with Gasteiger partial charge in [0.15, 0.2) is 5.13 Å². The van der Waals surface area contributed by atoms with Gasteiger partial charge in [-0.05, 0) is 25.0 Å². The molecule has 0 atom stereocenters. The maximum Gasteiger partial charge on any atom is 0.356 e. The number of benzene rings is 1. The van der Waals surface area contributed by atoms with Crippen LogP contribution in [0, 0.1) is 6.92 Å². The van der Waals surface area contributed by atoms with Gasteiger partial charge >= 0.3 is 7.60 Å². The lowest BCUT2D eigenvalue weighted by Gasteiger charge is -2.10. The fraction of sp³-hybridized carbons (Fsp3) is 0.308. The third-order valence-electron chi connectivity index (χ3n) is 2.99. The molecular weight excluding hydrogens is 295 g/mol. The lowest BCUT2D eigenvalue weighted by Crippen LogP contribution is -2.08. The topological polar surface area (TPSA) is 96.4 Å². The zero-order valence-corrected chi connectivity index (χ0v) is 13.0. The van der Waals surface area contributed by atoms with Crippen molar-refractivity contribution < 1.29 is 14.4 Å². The molecule has 0 radical (unpaired) electrons. The fourth-order valence-electron chi connectivity index (χ4n) is 2.06. The summed E-state index contributed by atoms with van der Waals surface area (Å²) in [4.78, 5) is 24.1. The van der Waals surface area contributed by atoms with Gasteiger partial charge in [-0.3, -0.25) is 4.57 Å². The first-order chi connectivity index (χ1) is 9.32. The Morgan fingerprint density at radius 2 is 2.10 bits per heavy atom. The molecule has 108 valence electrons. The second-order valence-electron chi connectivity index (χ2n) is 4.62. The Morgan fingerprint density at radius 1 is 1.40 bits per heavy atom. The molecule has 1 aromatic carbocycles. The summed E-state index contributed by atoms with van der Waals surface area (Å²) in [6, 6.07) is 5.04. The number of hydrogen-bond donors (Lipinski definition) is 3. The monoisotopic (exact) mass is 312 g/mol. The molecule has 4 N–H and O–H groups in total. The van der Waals surface area contributed by atoms with Crippen LogP contribution in [0.3, 0.4) is 0 Å². The van der Waals surface area contributed by atoms with Crippen LogP contribution < -0.4 is 11.0 Å². The van der Waals surface area contributed by atoms with Gasteiger partial charge in [0, 0.05) is 10.4 Å². The van der Waals surface area contributed by atoms with Crippen LogP contribution in [0.15, 0.2) is 18.2 Å². The number of aryl methyl sites for hydroxylation is 2. The van der Waals surface area contributed by atoms with E-state index in [4.69, 9.17) is 5.73 Å². The van der Waals surface area contributed by atoms with E-state index in [0.29, 0.717) is 16.3 Å². The van der Waals surface area contributed by atoms with E-state index in [-0.39, 0.29) is 5.30 Å². The van der Waals surface area contributed by atoms with Gasteiger partial charge in [-0.2, -0.15) is 0 Å². The maximum atomic E-state index is 11.5. The van der Waals surface area contributed by atoms with Crippen molar-refractivity contribution in [3.8, 4) is 11.3 Å². The molecule has 0 saturated heterocycles. The van der Waals surface area contributed by atoms with E-state index in [1.54, 1.807) is 13.0 Å². The van der Waals surface area contributed by atoms with Gasteiger partial charge in [-0.1, -0.05) is 25.5 Å². The van der Waals surface area contributed by atoms with Gasteiger partial charge in [0.2, 0.25) is 0 Å². The molecule has 7 heteroatoms. The molecule has 2 rings (SSSR count). The highest BCUT2D eigenvalue weighted by Crippen LogP contribution is 2.37. The highest BCUT2D eigenvalue weighted by Gasteiger charge is 2.21. The summed E-state index contributed by atoms with van der Waals surface area (Å²) in [5, 5.41) is 0.519. The lowest BCUT2D eigenvalue weighted by atomic mass is 10.1. The van der Waals surface area contributed by atoms with Gasteiger partial charge in [-0.15, -0.1) is 11.3 Å². The van der Waals surface area contributed by atoms with Crippen molar-refractivity contribution in [2.75, 3.05) is 5.73 Å². The zero-order chi connectivity index (χ0) is 14.9. The van der Waals surface area contributed by atoms with Crippen molar-refractivity contribution in [2.24, 2.45) is 0 Å². The number of hydrogen-bond acceptors (Lipinski definition) is 4. The van der Waals surface area contributed by atoms with Crippen molar-refractivity contribution in [1.82, 2.24) is 4.98 Å². The fourth-order valence-corrected chi connectivity index (χ4v) is 3.86. The van der Waals surface area contributed by atoms with Gasteiger partial charge in [-0.25, -0.2) is 4.98 Å². The van der Waals surface area contributed by atoms with Crippen molar-refractivity contribution in [3.63, 3.8) is 0 Å². The van der Waals surface area contributed by atoms with E-state index in [9.17, 15) is 14.4 Å². The van der Waals surface area contributed by atoms with E-state index >= 15 is 0 Å². The van der Waals surface area contributed by atoms with Gasteiger partial charge in [0.05, 0.1) is 11.0 Å². The first kappa shape index (κ1) is 15.2. The number of anilines is 1. The Hall–Kier alpha value is -1.20. The molecule has 20 heavy (non-hydrogen) atoms. The second-order valence-corrected chi connectivity index (χ2v) is 7.30. The zero-order valence-electron chi connectivity index (χ0n) is 11.3. The van der Waals surface area contributed by atoms with E-state index in [1.165, 1.54) is 17.4 Å². The predicted octanol–water partition coefficient (Wildman–Crippen LogP) is 2.46. The van der Waals surface area contributed by atoms with Crippen LogP contribution in [-0.4, -0.2) is 14.8 Å². The molecule has 0 amide bonds. The van der Waals surface area contributed by atoms with E-state index in [0.717, 1.165) is 23.4 Å². The molecule has 0 spiro atoms. The second kappa shape index (κ2) is 5.66. The van der Waals surface area contributed by atoms with Crippen LogP contribution in [-0.2, 0) is 11.0 Å². The summed E-state index contributed by atoms with van der Waals surface area (Å²) in [6.45, 7) is 3.75. The first-order valence-corrected chi connectivity index (χ1v) is 8.68. The number of thiazole rings is 1. The Morgan fingerprint density at radius 3 is 2.70 bits per heavy atom. The van der Waals surface area contributed by atoms with Crippen molar-refractivity contribution in [2.45, 2.75) is 26.7 Å². The summed E-state index contributed by atoms with van der Waals surface area (Å²) in [5.41, 5.74) is 7.75. The van der Waals surface area contributed by atoms with Crippen molar-refractivity contribution >= 4 is 29.4 Å². The molecule has 0 saturated carbocycles. The molecule has 0 fully saturated rings. The van der Waals surface area contributed by atoms with Crippen LogP contribution in [0.2, 0.25) is 0 Å². The Kier molecular flexibility index (Phi) is 4.30. The molecule has 2 aromatic rings. The van der Waals surface area contributed by atoms with E-state index in [1.807, 2.05) is 6.07 Å². The average Bonchev–Trinajstić information content (AvgIpc) is 2.70. The summed E-state index contributed by atoms with van der Waals surface area (Å²) in [5.74, 6) is 0. The molecule has 1 heterocycles. The van der Waals surface area contributed by atoms with Crippen molar-refractivity contribution in [1.29, 1.82) is 0 Å². The quantitative estimate of drug-likeness (QED) is 0.754. The number of rotatable bonds is 4. The van der Waals surface area contributed by atoms with E-state index in [2.05, 4.69) is 11.9 Å². The molecule has 1 aromatic heterocycles. The number of nitrogen functional groups attached to an aromatic ring is 1. The minimum atomic E-state index is -4.28. The minimum Gasteiger partial charge on any atom is -0.375 e. The molecule has 5 nitrogen and oxygen atoms in total. The van der Waals surface area contributed by atoms with Crippen LogP contribution in [0.5, 0.6) is 0 Å². The average molecular weight is 312 g/mol. The summed E-state index contributed by atoms with van der Waals surface area (Å²) in [7, 11) is -4.28. The first-order valence-electron chi connectivity index (χ1n) is 6.25. The standard InChI is InChI=1S/C13H17N2O3PS/c1-3-4-11-12(15-13(14)20-11)9-6-5-8(2)10(7-9)19(16,17)18/h5-7H,3-4H2,1-2H3,(H2,14,15)(H2,16,17,18). The van der Waals surface area contributed by atoms with Gasteiger partial charge in [0.1, 0.15) is 0 Å². The third kappa shape index (κ3) is 3.10. The smallest absolute Gasteiger partial charge is 0.356 e. The Balaban J connectivity index is 2.56. The minimum absolute atomic E-state index is 0.0454. The normalized spacial score (nSPS) is 11.8.